The van der Waals surface area contributed by atoms with Gasteiger partial charge < -0.3 is 21.5 Å². The molecule has 3 rings (SSSR count). The number of ether oxygens (including phenoxy) is 1. The molecule has 8 heteroatoms. The molecule has 0 unspecified atom stereocenters. The Morgan fingerprint density at radius 3 is 2.45 bits per heavy atom. The lowest BCUT2D eigenvalue weighted by Crippen LogP contribution is -2.21. The Morgan fingerprint density at radius 1 is 1.03 bits per heavy atom. The van der Waals surface area contributed by atoms with Crippen molar-refractivity contribution in [3.05, 3.63) is 89.9 Å². The highest BCUT2D eigenvalue weighted by atomic mass is 16.5. The first-order valence-corrected chi connectivity index (χ1v) is 9.58. The van der Waals surface area contributed by atoms with Gasteiger partial charge in [0.05, 0.1) is 24.6 Å². The third-order valence-corrected chi connectivity index (χ3v) is 4.22. The molecule has 31 heavy (non-hydrogen) atoms. The molecule has 0 bridgehead atoms. The van der Waals surface area contributed by atoms with E-state index in [1.165, 1.54) is 0 Å². The molecule has 0 atom stereocenters. The van der Waals surface area contributed by atoms with Gasteiger partial charge in [0.25, 0.3) is 0 Å². The molecule has 0 fully saturated rings. The monoisotopic (exact) mass is 415 g/mol. The number of nitrogens with zero attached hydrogens (tertiary/aromatic N) is 4. The van der Waals surface area contributed by atoms with Gasteiger partial charge in [0, 0.05) is 18.0 Å². The van der Waals surface area contributed by atoms with Crippen molar-refractivity contribution in [3.63, 3.8) is 0 Å². The van der Waals surface area contributed by atoms with Crippen LogP contribution in [0.2, 0.25) is 0 Å². The minimum atomic E-state index is 0.0236. The molecule has 2 heterocycles. The number of benzene rings is 1. The Kier molecular flexibility index (Phi) is 6.95. The second-order valence-electron chi connectivity index (χ2n) is 6.82. The minimum absolute atomic E-state index is 0.0236. The van der Waals surface area contributed by atoms with Gasteiger partial charge in [0.1, 0.15) is 11.7 Å². The lowest BCUT2D eigenvalue weighted by Gasteiger charge is -2.13. The number of hydrogen-bond acceptors (Lipinski definition) is 5. The van der Waals surface area contributed by atoms with Gasteiger partial charge in [-0.15, -0.1) is 0 Å². The van der Waals surface area contributed by atoms with Crippen LogP contribution in [0, 0.1) is 0 Å². The third kappa shape index (κ3) is 6.14. The largest absolute Gasteiger partial charge is 0.481 e. The van der Waals surface area contributed by atoms with Crippen LogP contribution in [0.25, 0.3) is 0 Å². The molecule has 1 aromatic carbocycles. The van der Waals surface area contributed by atoms with Gasteiger partial charge in [0.15, 0.2) is 0 Å². The number of aliphatic imine (C=N–C) groups is 2. The normalized spacial score (nSPS) is 11.8. The Bertz CT molecular complexity index is 1110. The standard InChI is InChI=1S/C23H25N7O/c1-15(2)28-23(25)30-21(24)19-12-17(11-16-7-5-4-6-8-16)13-27-22(19)29-18-9-10-20(31-3)26-14-18/h4-10,12-14H,1,11H2,2-3H3,(H,27,29)(H4,24,25,28,30). The van der Waals surface area contributed by atoms with E-state index in [9.17, 15) is 0 Å². The van der Waals surface area contributed by atoms with Crippen LogP contribution in [0.5, 0.6) is 5.88 Å². The van der Waals surface area contributed by atoms with E-state index in [4.69, 9.17) is 16.2 Å². The number of nitrogens with two attached hydrogens (primary N) is 2. The van der Waals surface area contributed by atoms with E-state index >= 15 is 0 Å². The van der Waals surface area contributed by atoms with Crippen LogP contribution >= 0.6 is 0 Å². The van der Waals surface area contributed by atoms with Gasteiger partial charge >= 0.3 is 0 Å². The molecule has 0 saturated carbocycles. The topological polar surface area (TPSA) is 124 Å². The smallest absolute Gasteiger partial charge is 0.222 e. The van der Waals surface area contributed by atoms with Crippen molar-refractivity contribution in [3.8, 4) is 5.88 Å². The van der Waals surface area contributed by atoms with Crippen molar-refractivity contribution < 1.29 is 4.74 Å². The van der Waals surface area contributed by atoms with Crippen molar-refractivity contribution in [1.29, 1.82) is 0 Å². The average molecular weight is 416 g/mol. The van der Waals surface area contributed by atoms with E-state index in [-0.39, 0.29) is 11.8 Å². The Balaban J connectivity index is 1.97. The molecular formula is C23H25N7O. The zero-order valence-corrected chi connectivity index (χ0v) is 17.5. The second kappa shape index (κ2) is 10.0. The highest BCUT2D eigenvalue weighted by molar-refractivity contribution is 6.07. The molecule has 0 aliphatic carbocycles. The summed E-state index contributed by atoms with van der Waals surface area (Å²) in [7, 11) is 1.56. The van der Waals surface area contributed by atoms with E-state index in [0.29, 0.717) is 29.4 Å². The second-order valence-corrected chi connectivity index (χ2v) is 6.82. The minimum Gasteiger partial charge on any atom is -0.481 e. The summed E-state index contributed by atoms with van der Waals surface area (Å²) in [5, 5.41) is 3.22. The maximum absolute atomic E-state index is 6.28. The highest BCUT2D eigenvalue weighted by Gasteiger charge is 2.12. The van der Waals surface area contributed by atoms with Crippen LogP contribution in [0.4, 0.5) is 11.5 Å². The maximum Gasteiger partial charge on any atom is 0.222 e. The Hall–Kier alpha value is -4.20. The summed E-state index contributed by atoms with van der Waals surface area (Å²) in [6, 6.07) is 15.6. The zero-order valence-electron chi connectivity index (χ0n) is 17.5. The Labute approximate surface area is 181 Å². The van der Waals surface area contributed by atoms with Gasteiger partial charge in [-0.05, 0) is 36.6 Å². The summed E-state index contributed by atoms with van der Waals surface area (Å²) in [5.41, 5.74) is 16.1. The fraction of sp³-hybridized carbons (Fsp3) is 0.130. The number of methoxy groups -OCH3 is 1. The maximum atomic E-state index is 6.28. The average Bonchev–Trinajstić information content (AvgIpc) is 2.75. The number of allylic oxidation sites excluding steroid dienone is 1. The number of guanidine groups is 1. The SMILES string of the molecule is C=C(C)N=C(N)N=C(N)c1cc(Cc2ccccc2)cnc1Nc1ccc(OC)nc1. The zero-order chi connectivity index (χ0) is 22.2. The van der Waals surface area contributed by atoms with Gasteiger partial charge in [-0.25, -0.2) is 15.0 Å². The van der Waals surface area contributed by atoms with Gasteiger partial charge in [-0.2, -0.15) is 4.99 Å². The van der Waals surface area contributed by atoms with Crippen molar-refractivity contribution in [2.24, 2.45) is 21.5 Å². The number of nitrogens with one attached hydrogen (secondary N) is 1. The van der Waals surface area contributed by atoms with Crippen LogP contribution in [-0.4, -0.2) is 28.9 Å². The molecule has 0 amide bonds. The van der Waals surface area contributed by atoms with Crippen LogP contribution in [0.15, 0.2) is 83.2 Å². The summed E-state index contributed by atoms with van der Waals surface area (Å²) in [6.07, 6.45) is 4.15. The van der Waals surface area contributed by atoms with E-state index in [1.807, 2.05) is 30.3 Å². The van der Waals surface area contributed by atoms with E-state index in [1.54, 1.807) is 32.5 Å². The number of anilines is 2. The first-order valence-electron chi connectivity index (χ1n) is 9.58. The van der Waals surface area contributed by atoms with Crippen molar-refractivity contribution in [2.45, 2.75) is 13.3 Å². The van der Waals surface area contributed by atoms with E-state index in [0.717, 1.165) is 16.8 Å². The predicted molar refractivity (Wildman–Crippen MR) is 125 cm³/mol. The lowest BCUT2D eigenvalue weighted by atomic mass is 10.0. The van der Waals surface area contributed by atoms with Crippen LogP contribution in [-0.2, 0) is 6.42 Å². The molecule has 0 spiro atoms. The third-order valence-electron chi connectivity index (χ3n) is 4.22. The first kappa shape index (κ1) is 21.5. The highest BCUT2D eigenvalue weighted by Crippen LogP contribution is 2.22. The molecule has 158 valence electrons. The molecule has 8 nitrogen and oxygen atoms in total. The molecule has 2 aromatic heterocycles. The van der Waals surface area contributed by atoms with Crippen LogP contribution < -0.4 is 21.5 Å². The van der Waals surface area contributed by atoms with Crippen LogP contribution in [0.3, 0.4) is 0 Å². The van der Waals surface area contributed by atoms with Gasteiger partial charge in [-0.1, -0.05) is 36.9 Å². The number of aromatic nitrogens is 2. The molecule has 5 N–H and O–H groups in total. The fourth-order valence-electron chi connectivity index (χ4n) is 2.85. The molecule has 0 aliphatic heterocycles. The van der Waals surface area contributed by atoms with E-state index < -0.39 is 0 Å². The number of amidine groups is 1. The number of rotatable bonds is 7. The molecular weight excluding hydrogens is 390 g/mol. The lowest BCUT2D eigenvalue weighted by molar-refractivity contribution is 0.398. The van der Waals surface area contributed by atoms with Gasteiger partial charge in [-0.3, -0.25) is 0 Å². The van der Waals surface area contributed by atoms with Crippen molar-refractivity contribution in [2.75, 3.05) is 12.4 Å². The number of pyridine rings is 2. The van der Waals surface area contributed by atoms with E-state index in [2.05, 4.69) is 44.0 Å². The summed E-state index contributed by atoms with van der Waals surface area (Å²) >= 11 is 0. The summed E-state index contributed by atoms with van der Waals surface area (Å²) in [6.45, 7) is 5.43. The van der Waals surface area contributed by atoms with Crippen molar-refractivity contribution in [1.82, 2.24) is 9.97 Å². The van der Waals surface area contributed by atoms with Crippen LogP contribution in [0.1, 0.15) is 23.6 Å². The van der Waals surface area contributed by atoms with Gasteiger partial charge in [0.2, 0.25) is 11.8 Å². The summed E-state index contributed by atoms with van der Waals surface area (Å²) in [5.74, 6) is 1.25. The number of hydrogen-bond donors (Lipinski definition) is 3. The summed E-state index contributed by atoms with van der Waals surface area (Å²) in [4.78, 5) is 17.0. The molecule has 0 radical (unpaired) electrons. The fourth-order valence-corrected chi connectivity index (χ4v) is 2.85. The quantitative estimate of drug-likeness (QED) is 0.401. The Morgan fingerprint density at radius 2 is 1.81 bits per heavy atom. The molecule has 3 aromatic rings. The molecule has 0 aliphatic rings. The molecule has 0 saturated heterocycles. The van der Waals surface area contributed by atoms with Crippen molar-refractivity contribution >= 4 is 23.3 Å². The predicted octanol–water partition coefficient (Wildman–Crippen LogP) is 3.37. The summed E-state index contributed by atoms with van der Waals surface area (Å²) < 4.78 is 5.10. The first-order chi connectivity index (χ1) is 14.9.